The Morgan fingerprint density at radius 2 is 1.81 bits per heavy atom. The van der Waals surface area contributed by atoms with E-state index in [1.807, 2.05) is 65.8 Å². The Morgan fingerprint density at radius 3 is 2.54 bits per heavy atom. The second-order valence-electron chi connectivity index (χ2n) is 5.75. The molecule has 0 bridgehead atoms. The number of nitriles is 1. The van der Waals surface area contributed by atoms with Crippen LogP contribution in [-0.2, 0) is 6.42 Å². The number of hydrazine groups is 1. The number of nitrogens with zero attached hydrogens (tertiary/aromatic N) is 2. The molecule has 128 valence electrons. The Balaban J connectivity index is 1.52. The van der Waals surface area contributed by atoms with Gasteiger partial charge in [0, 0.05) is 12.6 Å². The summed E-state index contributed by atoms with van der Waals surface area (Å²) >= 11 is 4.02. The number of nitrogens with one attached hydrogen (secondary N) is 1. The van der Waals surface area contributed by atoms with Gasteiger partial charge in [-0.3, -0.25) is 10.4 Å². The maximum atomic E-state index is 9.30. The van der Waals surface area contributed by atoms with Crippen LogP contribution in [-0.4, -0.2) is 0 Å². The molecule has 1 aliphatic rings. The minimum Gasteiger partial charge on any atom is -0.457 e. The van der Waals surface area contributed by atoms with Crippen LogP contribution in [0.2, 0.25) is 0 Å². The molecule has 0 saturated heterocycles. The molecule has 0 amide bonds. The second kappa shape index (κ2) is 7.40. The highest BCUT2D eigenvalue weighted by Gasteiger charge is 2.20. The first-order chi connectivity index (χ1) is 12.7. The van der Waals surface area contributed by atoms with Gasteiger partial charge in [-0.05, 0) is 70.6 Å². The third-order valence-corrected chi connectivity index (χ3v) is 5.80. The summed E-state index contributed by atoms with van der Waals surface area (Å²) < 4.78 is 7.03. The molecular formula is C20H14IN3OS. The van der Waals surface area contributed by atoms with E-state index in [2.05, 4.69) is 40.2 Å². The van der Waals surface area contributed by atoms with Crippen LogP contribution in [0.4, 0.5) is 10.7 Å². The van der Waals surface area contributed by atoms with Crippen molar-refractivity contribution < 1.29 is 4.74 Å². The van der Waals surface area contributed by atoms with Crippen molar-refractivity contribution in [3.8, 4) is 17.6 Å². The van der Waals surface area contributed by atoms with Crippen LogP contribution in [0.25, 0.3) is 0 Å². The average Bonchev–Trinajstić information content (AvgIpc) is 3.04. The van der Waals surface area contributed by atoms with E-state index in [4.69, 9.17) is 4.74 Å². The first-order valence-electron chi connectivity index (χ1n) is 7.99. The van der Waals surface area contributed by atoms with Crippen molar-refractivity contribution in [2.45, 2.75) is 6.42 Å². The molecule has 0 spiro atoms. The molecule has 0 atom stereocenters. The highest BCUT2D eigenvalue weighted by molar-refractivity contribution is 14.1. The van der Waals surface area contributed by atoms with Gasteiger partial charge < -0.3 is 4.74 Å². The number of thiophene rings is 1. The summed E-state index contributed by atoms with van der Waals surface area (Å²) in [6.45, 7) is 0. The Hall–Kier alpha value is -2.50. The molecule has 0 aliphatic carbocycles. The van der Waals surface area contributed by atoms with Gasteiger partial charge in [-0.1, -0.05) is 18.2 Å². The smallest absolute Gasteiger partial charge is 0.127 e. The van der Waals surface area contributed by atoms with E-state index < -0.39 is 0 Å². The third-order valence-electron chi connectivity index (χ3n) is 3.87. The summed E-state index contributed by atoms with van der Waals surface area (Å²) in [5.41, 5.74) is 6.20. The monoisotopic (exact) mass is 471 g/mol. The van der Waals surface area contributed by atoms with Crippen LogP contribution < -0.4 is 15.2 Å². The number of ether oxygens (including phenoxy) is 1. The third kappa shape index (κ3) is 3.69. The number of para-hydroxylation sites is 1. The molecule has 4 rings (SSSR count). The summed E-state index contributed by atoms with van der Waals surface area (Å²) in [6, 6.07) is 21.9. The summed E-state index contributed by atoms with van der Waals surface area (Å²) in [7, 11) is 0. The first-order valence-corrected chi connectivity index (χ1v) is 9.88. The number of benzene rings is 2. The Kier molecular flexibility index (Phi) is 4.82. The molecule has 0 radical (unpaired) electrons. The van der Waals surface area contributed by atoms with Crippen molar-refractivity contribution in [1.82, 2.24) is 0 Å². The molecule has 6 heteroatoms. The van der Waals surface area contributed by atoms with Gasteiger partial charge in [0.05, 0.1) is 20.2 Å². The average molecular weight is 471 g/mol. The molecule has 0 unspecified atom stereocenters. The van der Waals surface area contributed by atoms with Crippen LogP contribution in [0.5, 0.6) is 11.5 Å². The lowest BCUT2D eigenvalue weighted by molar-refractivity contribution is 0.483. The van der Waals surface area contributed by atoms with E-state index in [0.717, 1.165) is 27.8 Å². The maximum Gasteiger partial charge on any atom is 0.127 e. The second-order valence-corrected chi connectivity index (χ2v) is 8.67. The molecule has 1 N–H and O–H groups in total. The maximum absolute atomic E-state index is 9.30. The van der Waals surface area contributed by atoms with Gasteiger partial charge in [-0.15, -0.1) is 11.3 Å². The van der Waals surface area contributed by atoms with Crippen molar-refractivity contribution in [2.24, 2.45) is 0 Å². The van der Waals surface area contributed by atoms with Crippen molar-refractivity contribution >= 4 is 44.6 Å². The zero-order chi connectivity index (χ0) is 17.9. The Labute approximate surface area is 169 Å². The zero-order valence-corrected chi connectivity index (χ0v) is 16.6. The van der Waals surface area contributed by atoms with E-state index in [9.17, 15) is 5.26 Å². The van der Waals surface area contributed by atoms with Gasteiger partial charge in [0.25, 0.3) is 0 Å². The van der Waals surface area contributed by atoms with Gasteiger partial charge in [0.2, 0.25) is 0 Å². The molecule has 3 aromatic rings. The van der Waals surface area contributed by atoms with Crippen molar-refractivity contribution in [2.75, 3.05) is 10.4 Å². The summed E-state index contributed by atoms with van der Waals surface area (Å²) in [6.07, 6.45) is 2.55. The van der Waals surface area contributed by atoms with E-state index >= 15 is 0 Å². The molecule has 26 heavy (non-hydrogen) atoms. The molecular weight excluding hydrogens is 457 g/mol. The lowest BCUT2D eigenvalue weighted by atomic mass is 10.1. The Morgan fingerprint density at radius 1 is 1.08 bits per heavy atom. The number of hydrogen-bond acceptors (Lipinski definition) is 5. The quantitative estimate of drug-likeness (QED) is 0.479. The Bertz CT molecular complexity index is 990. The molecule has 1 aliphatic heterocycles. The van der Waals surface area contributed by atoms with Crippen LogP contribution in [0.1, 0.15) is 5.56 Å². The topological polar surface area (TPSA) is 48.3 Å². The largest absolute Gasteiger partial charge is 0.457 e. The first kappa shape index (κ1) is 16.9. The van der Waals surface area contributed by atoms with E-state index in [1.165, 1.54) is 8.45 Å². The highest BCUT2D eigenvalue weighted by Crippen LogP contribution is 2.37. The standard InChI is InChI=1S/C20H14IN3OS/c21-19-11-15-10-14(12-22)13-24(20(15)26-19)23-16-6-8-18(9-7-16)25-17-4-2-1-3-5-17/h1-9,11,13,23H,10H2. The number of allylic oxidation sites excluding steroid dienone is 1. The summed E-state index contributed by atoms with van der Waals surface area (Å²) in [4.78, 5) is 0. The van der Waals surface area contributed by atoms with Crippen molar-refractivity contribution in [3.05, 3.63) is 80.9 Å². The normalized spacial score (nSPS) is 12.8. The molecule has 1 aromatic heterocycles. The minimum absolute atomic E-state index is 0.688. The number of halogens is 1. The van der Waals surface area contributed by atoms with Crippen LogP contribution >= 0.6 is 33.9 Å². The molecule has 0 saturated carbocycles. The van der Waals surface area contributed by atoms with E-state index in [1.54, 1.807) is 11.3 Å². The van der Waals surface area contributed by atoms with Gasteiger partial charge in [-0.2, -0.15) is 5.26 Å². The molecule has 2 aromatic carbocycles. The van der Waals surface area contributed by atoms with Gasteiger partial charge in [0.15, 0.2) is 0 Å². The number of fused-ring (bicyclic) bond motifs is 1. The number of hydrogen-bond donors (Lipinski definition) is 1. The summed E-state index contributed by atoms with van der Waals surface area (Å²) in [5.74, 6) is 1.59. The minimum atomic E-state index is 0.688. The van der Waals surface area contributed by atoms with Gasteiger partial charge in [-0.25, -0.2) is 0 Å². The predicted octanol–water partition coefficient (Wildman–Crippen LogP) is 5.94. The van der Waals surface area contributed by atoms with Gasteiger partial charge in [0.1, 0.15) is 16.5 Å². The lowest BCUT2D eigenvalue weighted by Crippen LogP contribution is -2.26. The summed E-state index contributed by atoms with van der Waals surface area (Å²) in [5, 5.41) is 12.3. The van der Waals surface area contributed by atoms with Crippen molar-refractivity contribution in [1.29, 1.82) is 5.26 Å². The van der Waals surface area contributed by atoms with Gasteiger partial charge >= 0.3 is 0 Å². The number of anilines is 2. The molecule has 2 heterocycles. The van der Waals surface area contributed by atoms with Crippen LogP contribution in [0, 0.1) is 14.2 Å². The fourth-order valence-corrected chi connectivity index (χ4v) is 4.54. The zero-order valence-electron chi connectivity index (χ0n) is 13.6. The predicted molar refractivity (Wildman–Crippen MR) is 113 cm³/mol. The van der Waals surface area contributed by atoms with E-state index in [0.29, 0.717) is 6.42 Å². The fraction of sp³-hybridized carbons (Fsp3) is 0.0500. The lowest BCUT2D eigenvalue weighted by Gasteiger charge is -2.26. The van der Waals surface area contributed by atoms with E-state index in [-0.39, 0.29) is 0 Å². The van der Waals surface area contributed by atoms with Crippen molar-refractivity contribution in [3.63, 3.8) is 0 Å². The molecule has 0 fully saturated rings. The number of rotatable bonds is 4. The van der Waals surface area contributed by atoms with Crippen LogP contribution in [0.15, 0.2) is 72.4 Å². The molecule has 4 nitrogen and oxygen atoms in total. The highest BCUT2D eigenvalue weighted by atomic mass is 127. The SMILES string of the molecule is N#CC1=CN(Nc2ccc(Oc3ccccc3)cc2)c2sc(I)cc2C1. The van der Waals surface area contributed by atoms with Crippen LogP contribution in [0.3, 0.4) is 0 Å². The fourth-order valence-electron chi connectivity index (χ4n) is 2.69.